The van der Waals surface area contributed by atoms with Crippen molar-refractivity contribution in [2.45, 2.75) is 13.0 Å². The maximum Gasteiger partial charge on any atom is 0.131 e. The van der Waals surface area contributed by atoms with E-state index in [9.17, 15) is 9.50 Å². The Kier molecular flexibility index (Phi) is 2.75. The lowest BCUT2D eigenvalue weighted by molar-refractivity contribution is 0.264. The van der Waals surface area contributed by atoms with Crippen LogP contribution in [0.5, 0.6) is 11.5 Å². The quantitative estimate of drug-likeness (QED) is 0.842. The molecule has 0 fully saturated rings. The third kappa shape index (κ3) is 2.19. The van der Waals surface area contributed by atoms with Crippen LogP contribution in [-0.2, 0) is 0 Å². The maximum atomic E-state index is 13.0. The number of phenols is 1. The van der Waals surface area contributed by atoms with Gasteiger partial charge in [-0.15, -0.1) is 0 Å². The molecular weight excluding hydrogens is 243 g/mol. The lowest BCUT2D eigenvalue weighted by Crippen LogP contribution is -2.15. The van der Waals surface area contributed by atoms with Gasteiger partial charge in [0.2, 0.25) is 0 Å². The maximum absolute atomic E-state index is 13.0. The second-order valence-electron chi connectivity index (χ2n) is 4.59. The zero-order valence-corrected chi connectivity index (χ0v) is 10.4. The summed E-state index contributed by atoms with van der Waals surface area (Å²) in [6.07, 6.45) is 1.90. The molecule has 1 aliphatic heterocycles. The highest BCUT2D eigenvalue weighted by Gasteiger charge is 2.19. The molecular formula is C16H13FO2. The molecule has 2 aromatic rings. The van der Waals surface area contributed by atoms with E-state index in [1.165, 1.54) is 12.1 Å². The van der Waals surface area contributed by atoms with Gasteiger partial charge < -0.3 is 9.84 Å². The third-order valence-electron chi connectivity index (χ3n) is 3.12. The zero-order chi connectivity index (χ0) is 13.4. The second-order valence-corrected chi connectivity index (χ2v) is 4.59. The fourth-order valence-electron chi connectivity index (χ4n) is 2.27. The van der Waals surface area contributed by atoms with Gasteiger partial charge in [-0.25, -0.2) is 4.39 Å². The first-order valence-electron chi connectivity index (χ1n) is 6.11. The molecule has 0 bridgehead atoms. The molecule has 0 saturated carbocycles. The van der Waals surface area contributed by atoms with Crippen LogP contribution in [-0.4, -0.2) is 11.2 Å². The zero-order valence-electron chi connectivity index (χ0n) is 10.4. The normalized spacial score (nSPS) is 17.4. The van der Waals surface area contributed by atoms with Gasteiger partial charge in [0, 0.05) is 11.6 Å². The summed E-state index contributed by atoms with van der Waals surface area (Å²) in [4.78, 5) is 0. The van der Waals surface area contributed by atoms with Crippen molar-refractivity contribution in [3.63, 3.8) is 0 Å². The largest absolute Gasteiger partial charge is 0.508 e. The molecule has 2 nitrogen and oxygen atoms in total. The summed E-state index contributed by atoms with van der Waals surface area (Å²) in [5, 5.41) is 9.52. The summed E-state index contributed by atoms with van der Waals surface area (Å²) in [5.41, 5.74) is 2.83. The molecule has 2 aromatic carbocycles. The van der Waals surface area contributed by atoms with Crippen LogP contribution in [0.4, 0.5) is 4.39 Å². The van der Waals surface area contributed by atoms with Crippen molar-refractivity contribution in [2.24, 2.45) is 0 Å². The predicted octanol–water partition coefficient (Wildman–Crippen LogP) is 3.74. The van der Waals surface area contributed by atoms with Crippen molar-refractivity contribution in [1.82, 2.24) is 0 Å². The lowest BCUT2D eigenvalue weighted by Gasteiger charge is -2.23. The van der Waals surface area contributed by atoms with E-state index in [2.05, 4.69) is 0 Å². The van der Waals surface area contributed by atoms with Crippen LogP contribution in [0.3, 0.4) is 0 Å². The Labute approximate surface area is 110 Å². The summed E-state index contributed by atoms with van der Waals surface area (Å²) in [7, 11) is 0. The molecule has 0 aromatic heterocycles. The molecule has 0 saturated heterocycles. The van der Waals surface area contributed by atoms with Gasteiger partial charge in [0.25, 0.3) is 0 Å². The number of fused-ring (bicyclic) bond motifs is 1. The van der Waals surface area contributed by atoms with E-state index in [4.69, 9.17) is 4.74 Å². The molecule has 0 spiro atoms. The standard InChI is InChI=1S/C16H13FO2/c1-10-8-15(11-2-4-12(17)5-3-11)14-7-6-13(18)9-16(14)19-10/h2-10,18H,1H3. The van der Waals surface area contributed by atoms with Crippen LogP contribution in [0.1, 0.15) is 18.1 Å². The molecule has 0 amide bonds. The number of aromatic hydroxyl groups is 1. The Bertz CT molecular complexity index is 644. The molecule has 3 heteroatoms. The van der Waals surface area contributed by atoms with Gasteiger partial charge in [-0.3, -0.25) is 0 Å². The molecule has 1 heterocycles. The van der Waals surface area contributed by atoms with Crippen LogP contribution in [0, 0.1) is 5.82 Å². The summed E-state index contributed by atoms with van der Waals surface area (Å²) in [5.74, 6) is 0.566. The van der Waals surface area contributed by atoms with E-state index >= 15 is 0 Å². The van der Waals surface area contributed by atoms with E-state index in [1.54, 1.807) is 24.3 Å². The van der Waals surface area contributed by atoms with E-state index in [0.29, 0.717) is 5.75 Å². The van der Waals surface area contributed by atoms with Crippen LogP contribution >= 0.6 is 0 Å². The Morgan fingerprint density at radius 3 is 2.58 bits per heavy atom. The second kappa shape index (κ2) is 4.43. The van der Waals surface area contributed by atoms with E-state index in [-0.39, 0.29) is 17.7 Å². The van der Waals surface area contributed by atoms with Crippen LogP contribution < -0.4 is 4.74 Å². The van der Waals surface area contributed by atoms with E-state index < -0.39 is 0 Å². The third-order valence-corrected chi connectivity index (χ3v) is 3.12. The molecule has 19 heavy (non-hydrogen) atoms. The highest BCUT2D eigenvalue weighted by Crippen LogP contribution is 2.37. The van der Waals surface area contributed by atoms with Crippen molar-refractivity contribution in [2.75, 3.05) is 0 Å². The topological polar surface area (TPSA) is 29.5 Å². The number of halogens is 1. The molecule has 0 aliphatic carbocycles. The summed E-state index contributed by atoms with van der Waals surface area (Å²) in [6.45, 7) is 1.93. The average Bonchev–Trinajstić information content (AvgIpc) is 2.38. The highest BCUT2D eigenvalue weighted by atomic mass is 19.1. The molecule has 3 rings (SSSR count). The SMILES string of the molecule is CC1C=C(c2ccc(F)cc2)c2ccc(O)cc2O1. The van der Waals surface area contributed by atoms with Gasteiger partial charge in [-0.1, -0.05) is 12.1 Å². The van der Waals surface area contributed by atoms with Crippen molar-refractivity contribution in [1.29, 1.82) is 0 Å². The summed E-state index contributed by atoms with van der Waals surface area (Å²) < 4.78 is 18.7. The Morgan fingerprint density at radius 1 is 1.11 bits per heavy atom. The number of hydrogen-bond donors (Lipinski definition) is 1. The lowest BCUT2D eigenvalue weighted by atomic mass is 9.94. The first-order valence-corrected chi connectivity index (χ1v) is 6.11. The fraction of sp³-hybridized carbons (Fsp3) is 0.125. The summed E-state index contributed by atoms with van der Waals surface area (Å²) >= 11 is 0. The van der Waals surface area contributed by atoms with Gasteiger partial charge in [-0.2, -0.15) is 0 Å². The predicted molar refractivity (Wildman–Crippen MR) is 71.7 cm³/mol. The Balaban J connectivity index is 2.13. The number of ether oxygens (including phenoxy) is 1. The molecule has 1 aliphatic rings. The molecule has 1 N–H and O–H groups in total. The molecule has 0 radical (unpaired) electrons. The van der Waals surface area contributed by atoms with Crippen molar-refractivity contribution in [3.8, 4) is 11.5 Å². The van der Waals surface area contributed by atoms with Gasteiger partial charge in [0.1, 0.15) is 23.4 Å². The monoisotopic (exact) mass is 256 g/mol. The first-order chi connectivity index (χ1) is 9.13. The average molecular weight is 256 g/mol. The number of hydrogen-bond acceptors (Lipinski definition) is 2. The van der Waals surface area contributed by atoms with Crippen LogP contribution in [0.25, 0.3) is 5.57 Å². The van der Waals surface area contributed by atoms with Gasteiger partial charge in [-0.05, 0) is 48.4 Å². The van der Waals surface area contributed by atoms with Crippen LogP contribution in [0.15, 0.2) is 48.5 Å². The smallest absolute Gasteiger partial charge is 0.131 e. The highest BCUT2D eigenvalue weighted by molar-refractivity contribution is 5.84. The van der Waals surface area contributed by atoms with Crippen molar-refractivity contribution < 1.29 is 14.2 Å². The van der Waals surface area contributed by atoms with Gasteiger partial charge >= 0.3 is 0 Å². The number of rotatable bonds is 1. The summed E-state index contributed by atoms with van der Waals surface area (Å²) in [6, 6.07) is 11.4. The molecule has 1 atom stereocenters. The first kappa shape index (κ1) is 11.8. The van der Waals surface area contributed by atoms with Crippen LogP contribution in [0.2, 0.25) is 0 Å². The molecule has 1 unspecified atom stereocenters. The molecule has 96 valence electrons. The van der Waals surface area contributed by atoms with Crippen molar-refractivity contribution in [3.05, 3.63) is 65.5 Å². The van der Waals surface area contributed by atoms with Gasteiger partial charge in [0.15, 0.2) is 0 Å². The Morgan fingerprint density at radius 2 is 1.84 bits per heavy atom. The van der Waals surface area contributed by atoms with Gasteiger partial charge in [0.05, 0.1) is 0 Å². The minimum Gasteiger partial charge on any atom is -0.508 e. The number of benzene rings is 2. The Hall–Kier alpha value is -2.29. The number of phenolic OH excluding ortho intramolecular Hbond substituents is 1. The van der Waals surface area contributed by atoms with E-state index in [1.807, 2.05) is 19.1 Å². The van der Waals surface area contributed by atoms with Crippen molar-refractivity contribution >= 4 is 5.57 Å². The fourth-order valence-corrected chi connectivity index (χ4v) is 2.27. The minimum atomic E-state index is -0.254. The van der Waals surface area contributed by atoms with E-state index in [0.717, 1.165) is 16.7 Å². The minimum absolute atomic E-state index is 0.0886.